The smallest absolute Gasteiger partial charge is 0.408 e. The van der Waals surface area contributed by atoms with Crippen molar-refractivity contribution in [2.24, 2.45) is 13.0 Å². The van der Waals surface area contributed by atoms with Crippen molar-refractivity contribution in [2.45, 2.75) is 17.9 Å². The zero-order chi connectivity index (χ0) is 16.1. The molecule has 22 heavy (non-hydrogen) atoms. The van der Waals surface area contributed by atoms with Crippen LogP contribution in [0.15, 0.2) is 32.3 Å². The molecule has 8 heteroatoms. The zero-order valence-corrected chi connectivity index (χ0v) is 13.6. The van der Waals surface area contributed by atoms with Crippen molar-refractivity contribution in [3.05, 3.63) is 28.7 Å². The van der Waals surface area contributed by atoms with Crippen LogP contribution >= 0.6 is 0 Å². The number of nitrogens with zero attached hydrogens (tertiary/aromatic N) is 2. The molecule has 0 spiro atoms. The maximum atomic E-state index is 12.5. The molecule has 1 aromatic heterocycles. The highest BCUT2D eigenvalue weighted by molar-refractivity contribution is 7.89. The first-order valence-corrected chi connectivity index (χ1v) is 8.57. The van der Waals surface area contributed by atoms with Gasteiger partial charge in [0.25, 0.3) is 0 Å². The molecule has 2 atom stereocenters. The van der Waals surface area contributed by atoms with Crippen LogP contribution in [-0.2, 0) is 17.1 Å². The van der Waals surface area contributed by atoms with Crippen LogP contribution in [0.2, 0.25) is 0 Å². The highest BCUT2D eigenvalue weighted by Crippen LogP contribution is 2.21. The Balaban J connectivity index is 1.93. The maximum Gasteiger partial charge on any atom is 0.419 e. The Morgan fingerprint density at radius 1 is 1.27 bits per heavy atom. The molecule has 0 radical (unpaired) electrons. The van der Waals surface area contributed by atoms with Gasteiger partial charge in [0.1, 0.15) is 0 Å². The van der Waals surface area contributed by atoms with E-state index in [0.29, 0.717) is 12.1 Å². The van der Waals surface area contributed by atoms with E-state index in [0.717, 1.165) is 6.54 Å². The SMILES string of the molecule is C[C@H]1CN(C)C[C@H]1NS(=O)(=O)c1ccc2c(c1)oc(=O)n2C. The van der Waals surface area contributed by atoms with E-state index in [9.17, 15) is 13.2 Å². The van der Waals surface area contributed by atoms with Crippen molar-refractivity contribution in [1.29, 1.82) is 0 Å². The topological polar surface area (TPSA) is 84.6 Å². The molecule has 0 amide bonds. The first-order chi connectivity index (χ1) is 10.3. The Morgan fingerprint density at radius 2 is 2.00 bits per heavy atom. The summed E-state index contributed by atoms with van der Waals surface area (Å²) in [6.07, 6.45) is 0. The van der Waals surface area contributed by atoms with Gasteiger partial charge in [-0.25, -0.2) is 17.9 Å². The minimum absolute atomic E-state index is 0.108. The second-order valence-electron chi connectivity index (χ2n) is 5.98. The molecule has 0 bridgehead atoms. The largest absolute Gasteiger partial charge is 0.419 e. The molecule has 1 N–H and O–H groups in total. The zero-order valence-electron chi connectivity index (χ0n) is 12.7. The summed E-state index contributed by atoms with van der Waals surface area (Å²) in [5.74, 6) is -0.262. The number of sulfonamides is 1. The van der Waals surface area contributed by atoms with Crippen LogP contribution in [-0.4, -0.2) is 44.1 Å². The van der Waals surface area contributed by atoms with Gasteiger partial charge in [-0.3, -0.25) is 4.57 Å². The van der Waals surface area contributed by atoms with Crippen LogP contribution in [0.1, 0.15) is 6.92 Å². The molecule has 1 aliphatic rings. The number of aryl methyl sites for hydroxylation is 1. The van der Waals surface area contributed by atoms with Gasteiger partial charge in [0.2, 0.25) is 10.0 Å². The molecule has 0 aliphatic carbocycles. The number of likely N-dealkylation sites (N-methyl/N-ethyl adjacent to an activating group) is 1. The second kappa shape index (κ2) is 5.22. The molecule has 3 rings (SSSR count). The van der Waals surface area contributed by atoms with Crippen molar-refractivity contribution in [2.75, 3.05) is 20.1 Å². The van der Waals surface area contributed by atoms with E-state index in [4.69, 9.17) is 4.42 Å². The van der Waals surface area contributed by atoms with Crippen molar-refractivity contribution < 1.29 is 12.8 Å². The van der Waals surface area contributed by atoms with Crippen LogP contribution in [0, 0.1) is 5.92 Å². The van der Waals surface area contributed by atoms with Crippen LogP contribution in [0.25, 0.3) is 11.1 Å². The molecule has 1 aliphatic heterocycles. The van der Waals surface area contributed by atoms with E-state index >= 15 is 0 Å². The maximum absolute atomic E-state index is 12.5. The highest BCUT2D eigenvalue weighted by Gasteiger charge is 2.31. The number of aromatic nitrogens is 1. The summed E-state index contributed by atoms with van der Waals surface area (Å²) in [5.41, 5.74) is 0.838. The van der Waals surface area contributed by atoms with Crippen LogP contribution in [0.4, 0.5) is 0 Å². The van der Waals surface area contributed by atoms with Gasteiger partial charge < -0.3 is 9.32 Å². The number of likely N-dealkylation sites (tertiary alicyclic amines) is 1. The molecule has 2 heterocycles. The number of hydrogen-bond acceptors (Lipinski definition) is 5. The minimum atomic E-state index is -3.64. The summed E-state index contributed by atoms with van der Waals surface area (Å²) < 4.78 is 34.2. The van der Waals surface area contributed by atoms with E-state index in [1.165, 1.54) is 16.7 Å². The number of nitrogens with one attached hydrogen (secondary N) is 1. The fourth-order valence-corrected chi connectivity index (χ4v) is 4.26. The van der Waals surface area contributed by atoms with E-state index < -0.39 is 15.8 Å². The lowest BCUT2D eigenvalue weighted by atomic mass is 10.1. The van der Waals surface area contributed by atoms with Crippen LogP contribution in [0.5, 0.6) is 0 Å². The van der Waals surface area contributed by atoms with Gasteiger partial charge in [-0.15, -0.1) is 0 Å². The lowest BCUT2D eigenvalue weighted by Gasteiger charge is -2.16. The lowest BCUT2D eigenvalue weighted by Crippen LogP contribution is -2.39. The average molecular weight is 325 g/mol. The molecule has 0 saturated carbocycles. The molecular weight excluding hydrogens is 306 g/mol. The van der Waals surface area contributed by atoms with E-state index in [-0.39, 0.29) is 22.4 Å². The monoisotopic (exact) mass is 325 g/mol. The van der Waals surface area contributed by atoms with Gasteiger partial charge >= 0.3 is 5.76 Å². The number of benzene rings is 1. The molecule has 2 aromatic rings. The third kappa shape index (κ3) is 2.57. The van der Waals surface area contributed by atoms with Gasteiger partial charge in [-0.1, -0.05) is 6.92 Å². The highest BCUT2D eigenvalue weighted by atomic mass is 32.2. The molecule has 7 nitrogen and oxygen atoms in total. The van der Waals surface area contributed by atoms with Gasteiger partial charge in [0.05, 0.1) is 10.4 Å². The minimum Gasteiger partial charge on any atom is -0.408 e. The van der Waals surface area contributed by atoms with Crippen molar-refractivity contribution in [3.63, 3.8) is 0 Å². The average Bonchev–Trinajstić information content (AvgIpc) is 2.89. The number of rotatable bonds is 3. The summed E-state index contributed by atoms with van der Waals surface area (Å²) in [7, 11) is -0.0953. The fraction of sp³-hybridized carbons (Fsp3) is 0.500. The van der Waals surface area contributed by atoms with Crippen LogP contribution in [0.3, 0.4) is 0 Å². The summed E-state index contributed by atoms with van der Waals surface area (Å²) in [5, 5.41) is 0. The third-order valence-electron chi connectivity index (χ3n) is 4.18. The second-order valence-corrected chi connectivity index (χ2v) is 7.70. The van der Waals surface area contributed by atoms with Crippen molar-refractivity contribution in [1.82, 2.24) is 14.2 Å². The molecule has 1 aromatic carbocycles. The summed E-state index contributed by atoms with van der Waals surface area (Å²) in [4.78, 5) is 13.7. The quantitative estimate of drug-likeness (QED) is 0.881. The number of fused-ring (bicyclic) bond motifs is 1. The molecular formula is C14H19N3O4S. The third-order valence-corrected chi connectivity index (χ3v) is 5.66. The Bertz CT molecular complexity index is 868. The summed E-state index contributed by atoms with van der Waals surface area (Å²) >= 11 is 0. The molecule has 0 unspecified atom stereocenters. The first-order valence-electron chi connectivity index (χ1n) is 7.08. The number of hydrogen-bond donors (Lipinski definition) is 1. The van der Waals surface area contributed by atoms with Gasteiger partial charge in [0, 0.05) is 32.2 Å². The normalized spacial score (nSPS) is 23.4. The summed E-state index contributed by atoms with van der Waals surface area (Å²) in [6.45, 7) is 3.57. The fourth-order valence-electron chi connectivity index (χ4n) is 2.91. The Kier molecular flexibility index (Phi) is 3.62. The Hall–Kier alpha value is -1.64. The first kappa shape index (κ1) is 15.3. The molecule has 1 fully saturated rings. The lowest BCUT2D eigenvalue weighted by molar-refractivity contribution is 0.400. The Morgan fingerprint density at radius 3 is 2.64 bits per heavy atom. The van der Waals surface area contributed by atoms with Crippen molar-refractivity contribution >= 4 is 21.1 Å². The van der Waals surface area contributed by atoms with Gasteiger partial charge in [-0.05, 0) is 25.1 Å². The standard InChI is InChI=1S/C14H19N3O4S/c1-9-7-16(2)8-11(9)15-22(19,20)10-4-5-12-13(6-10)21-14(18)17(12)3/h4-6,9,11,15H,7-8H2,1-3H3/t9-,11+/m0/s1. The Labute approximate surface area is 128 Å². The number of oxazole rings is 1. The van der Waals surface area contributed by atoms with Gasteiger partial charge in [0.15, 0.2) is 5.58 Å². The predicted octanol–water partition coefficient (Wildman–Crippen LogP) is 0.360. The van der Waals surface area contributed by atoms with E-state index in [2.05, 4.69) is 9.62 Å². The van der Waals surface area contributed by atoms with Crippen molar-refractivity contribution in [3.8, 4) is 0 Å². The molecule has 120 valence electrons. The van der Waals surface area contributed by atoms with Crippen LogP contribution < -0.4 is 10.5 Å². The van der Waals surface area contributed by atoms with E-state index in [1.807, 2.05) is 14.0 Å². The van der Waals surface area contributed by atoms with E-state index in [1.54, 1.807) is 13.1 Å². The molecule has 1 saturated heterocycles. The van der Waals surface area contributed by atoms with Gasteiger partial charge in [-0.2, -0.15) is 0 Å². The predicted molar refractivity (Wildman–Crippen MR) is 82.2 cm³/mol. The summed E-state index contributed by atoms with van der Waals surface area (Å²) in [6, 6.07) is 4.35.